The predicted octanol–water partition coefficient (Wildman–Crippen LogP) is 5.28. The molecular formula is C25H30Cl2N4O3S. The van der Waals surface area contributed by atoms with Crippen LogP contribution in [-0.4, -0.2) is 46.8 Å². The molecule has 10 heteroatoms. The molecule has 2 aromatic carbocycles. The van der Waals surface area contributed by atoms with Crippen LogP contribution in [0.3, 0.4) is 0 Å². The molecule has 3 aromatic rings. The zero-order chi connectivity index (χ0) is 23.5. The number of ether oxygens (including phenoxy) is 1. The molecule has 2 heterocycles. The van der Waals surface area contributed by atoms with Crippen molar-refractivity contribution in [2.75, 3.05) is 13.2 Å². The number of thiophene rings is 1. The summed E-state index contributed by atoms with van der Waals surface area (Å²) in [6.07, 6.45) is 2.47. The van der Waals surface area contributed by atoms with Gasteiger partial charge in [-0.05, 0) is 73.5 Å². The number of carboxylic acids is 1. The molecule has 0 spiro atoms. The predicted molar refractivity (Wildman–Crippen MR) is 146 cm³/mol. The number of likely N-dealkylation sites (tertiary alicyclic amines) is 1. The van der Waals surface area contributed by atoms with Crippen LogP contribution < -0.4 is 10.5 Å². The smallest absolute Gasteiger partial charge is 0.311 e. The topological polar surface area (TPSA) is 123 Å². The third kappa shape index (κ3) is 6.66. The van der Waals surface area contributed by atoms with Crippen molar-refractivity contribution in [3.8, 4) is 5.75 Å². The van der Waals surface area contributed by atoms with E-state index in [1.807, 2.05) is 48.5 Å². The van der Waals surface area contributed by atoms with Gasteiger partial charge >= 0.3 is 5.97 Å². The molecule has 5 N–H and O–H groups in total. The first-order valence-electron chi connectivity index (χ1n) is 11.0. The van der Waals surface area contributed by atoms with Crippen LogP contribution in [0.15, 0.2) is 48.5 Å². The molecule has 35 heavy (non-hydrogen) atoms. The first-order chi connectivity index (χ1) is 15.8. The number of rotatable bonds is 8. The summed E-state index contributed by atoms with van der Waals surface area (Å²) >= 11 is 1.56. The van der Waals surface area contributed by atoms with Crippen molar-refractivity contribution in [1.82, 2.24) is 4.90 Å². The number of nitrogens with zero attached hydrogens (tertiary/aromatic N) is 1. The summed E-state index contributed by atoms with van der Waals surface area (Å²) in [5, 5.41) is 26.3. The number of aliphatic carboxylic acids is 1. The van der Waals surface area contributed by atoms with Crippen molar-refractivity contribution in [3.05, 3.63) is 64.5 Å². The van der Waals surface area contributed by atoms with E-state index in [0.29, 0.717) is 30.2 Å². The number of nitrogens with two attached hydrogens (primary N) is 1. The molecule has 7 nitrogen and oxygen atoms in total. The van der Waals surface area contributed by atoms with Crippen molar-refractivity contribution in [1.29, 1.82) is 10.8 Å². The molecule has 188 valence electrons. The molecule has 1 fully saturated rings. The van der Waals surface area contributed by atoms with E-state index in [0.717, 1.165) is 39.9 Å². The standard InChI is InChI=1S/C25H28N4O3S.2ClH/c1-15(26)29-10-2-3-19(29)14-32-20-7-4-16(5-8-20)22(25(30)31)13-21-12-18-11-17(24(27)28)6-9-23(18)33-21;;/h4-9,11-12,19,22,26H,2-3,10,13-14H2,1H3,(H3,27,28)(H,30,31);2*1H/t19-,22?;;/m0../s1. The summed E-state index contributed by atoms with van der Waals surface area (Å²) in [5.74, 6) is -0.238. The third-order valence-corrected chi connectivity index (χ3v) is 7.25. The number of nitrogen functional groups attached to an aromatic ring is 1. The van der Waals surface area contributed by atoms with Crippen LogP contribution >= 0.6 is 36.2 Å². The van der Waals surface area contributed by atoms with E-state index in [4.69, 9.17) is 21.3 Å². The van der Waals surface area contributed by atoms with Crippen LogP contribution in [0.1, 0.15) is 41.7 Å². The Labute approximate surface area is 221 Å². The van der Waals surface area contributed by atoms with Gasteiger partial charge in [-0.1, -0.05) is 12.1 Å². The summed E-state index contributed by atoms with van der Waals surface area (Å²) in [7, 11) is 0. The fraction of sp³-hybridized carbons (Fsp3) is 0.320. The zero-order valence-corrected chi connectivity index (χ0v) is 21.8. The van der Waals surface area contributed by atoms with E-state index >= 15 is 0 Å². The van der Waals surface area contributed by atoms with Gasteiger partial charge < -0.3 is 20.5 Å². The molecule has 0 saturated carbocycles. The number of nitrogens with one attached hydrogen (secondary N) is 2. The van der Waals surface area contributed by atoms with Gasteiger partial charge in [0.2, 0.25) is 0 Å². The second-order valence-electron chi connectivity index (χ2n) is 8.43. The number of benzene rings is 2. The molecule has 0 aliphatic carbocycles. The van der Waals surface area contributed by atoms with E-state index in [-0.39, 0.29) is 36.7 Å². The Morgan fingerprint density at radius 3 is 2.54 bits per heavy atom. The van der Waals surface area contributed by atoms with Crippen molar-refractivity contribution in [2.45, 2.75) is 38.1 Å². The Hall–Kier alpha value is -2.81. The first kappa shape index (κ1) is 28.4. The minimum atomic E-state index is -0.867. The van der Waals surface area contributed by atoms with Gasteiger partial charge in [0.05, 0.1) is 17.8 Å². The molecule has 1 unspecified atom stereocenters. The maximum atomic E-state index is 12.1. The molecule has 1 aliphatic rings. The molecule has 4 rings (SSSR count). The monoisotopic (exact) mass is 536 g/mol. The van der Waals surface area contributed by atoms with Crippen LogP contribution in [0.25, 0.3) is 10.1 Å². The van der Waals surface area contributed by atoms with Gasteiger partial charge in [0.15, 0.2) is 0 Å². The van der Waals surface area contributed by atoms with Crippen LogP contribution in [-0.2, 0) is 11.2 Å². The van der Waals surface area contributed by atoms with Crippen LogP contribution in [0.2, 0.25) is 0 Å². The SMILES string of the molecule is CC(=N)N1CCC[C@H]1COc1ccc(C(Cc2cc3cc(C(=N)N)ccc3s2)C(=O)O)cc1.Cl.Cl. The van der Waals surface area contributed by atoms with Gasteiger partial charge in [0, 0.05) is 21.7 Å². The number of amidine groups is 2. The number of hydrogen-bond acceptors (Lipinski definition) is 5. The first-order valence-corrected chi connectivity index (χ1v) is 11.8. The van der Waals surface area contributed by atoms with Crippen molar-refractivity contribution in [2.24, 2.45) is 5.73 Å². The van der Waals surface area contributed by atoms with Gasteiger partial charge in [0.1, 0.15) is 18.2 Å². The van der Waals surface area contributed by atoms with E-state index in [1.165, 1.54) is 0 Å². The minimum Gasteiger partial charge on any atom is -0.491 e. The molecule has 1 saturated heterocycles. The lowest BCUT2D eigenvalue weighted by atomic mass is 9.95. The van der Waals surface area contributed by atoms with E-state index in [2.05, 4.69) is 4.90 Å². The van der Waals surface area contributed by atoms with Gasteiger partial charge in [-0.2, -0.15) is 0 Å². The Kier molecular flexibility index (Phi) is 9.94. The molecule has 0 amide bonds. The number of carbonyl (C=O) groups is 1. The molecule has 1 aliphatic heterocycles. The van der Waals surface area contributed by atoms with E-state index < -0.39 is 11.9 Å². The quantitative estimate of drug-likeness (QED) is 0.230. The zero-order valence-electron chi connectivity index (χ0n) is 19.3. The Balaban J connectivity index is 0.00000216. The van der Waals surface area contributed by atoms with Crippen LogP contribution in [0, 0.1) is 10.8 Å². The molecule has 0 radical (unpaired) electrons. The number of hydrogen-bond donors (Lipinski definition) is 4. The minimum absolute atomic E-state index is 0. The highest BCUT2D eigenvalue weighted by molar-refractivity contribution is 7.19. The second-order valence-corrected chi connectivity index (χ2v) is 9.60. The van der Waals surface area contributed by atoms with Crippen molar-refractivity contribution < 1.29 is 14.6 Å². The molecular weight excluding hydrogens is 507 g/mol. The van der Waals surface area contributed by atoms with Gasteiger partial charge in [-0.25, -0.2) is 0 Å². The third-order valence-electron chi connectivity index (χ3n) is 6.11. The number of carboxylic acid groups (broad SMARTS) is 1. The fourth-order valence-electron chi connectivity index (χ4n) is 4.35. The van der Waals surface area contributed by atoms with Crippen LogP contribution in [0.4, 0.5) is 0 Å². The molecule has 2 atom stereocenters. The summed E-state index contributed by atoms with van der Waals surface area (Å²) < 4.78 is 6.99. The summed E-state index contributed by atoms with van der Waals surface area (Å²) in [6, 6.07) is 15.1. The van der Waals surface area contributed by atoms with Gasteiger partial charge in [-0.15, -0.1) is 36.2 Å². The highest BCUT2D eigenvalue weighted by Crippen LogP contribution is 2.32. The summed E-state index contributed by atoms with van der Waals surface area (Å²) in [4.78, 5) is 15.1. The maximum Gasteiger partial charge on any atom is 0.311 e. The molecule has 0 bridgehead atoms. The van der Waals surface area contributed by atoms with Gasteiger partial charge in [0.25, 0.3) is 0 Å². The van der Waals surface area contributed by atoms with Crippen LogP contribution in [0.5, 0.6) is 5.75 Å². The largest absolute Gasteiger partial charge is 0.491 e. The fourth-order valence-corrected chi connectivity index (χ4v) is 5.44. The lowest BCUT2D eigenvalue weighted by molar-refractivity contribution is -0.138. The number of fused-ring (bicyclic) bond motifs is 1. The summed E-state index contributed by atoms with van der Waals surface area (Å²) in [6.45, 7) is 3.22. The van der Waals surface area contributed by atoms with E-state index in [1.54, 1.807) is 18.3 Å². The highest BCUT2D eigenvalue weighted by Gasteiger charge is 2.26. The van der Waals surface area contributed by atoms with Gasteiger partial charge in [-0.3, -0.25) is 15.6 Å². The van der Waals surface area contributed by atoms with Crippen molar-refractivity contribution >= 4 is 63.9 Å². The Morgan fingerprint density at radius 2 is 1.91 bits per heavy atom. The lowest BCUT2D eigenvalue weighted by Gasteiger charge is -2.25. The lowest BCUT2D eigenvalue weighted by Crippen LogP contribution is -2.37. The Bertz CT molecular complexity index is 1200. The Morgan fingerprint density at radius 1 is 1.20 bits per heavy atom. The second kappa shape index (κ2) is 12.2. The maximum absolute atomic E-state index is 12.1. The average molecular weight is 538 g/mol. The average Bonchev–Trinajstić information content (AvgIpc) is 3.42. The summed E-state index contributed by atoms with van der Waals surface area (Å²) in [5.41, 5.74) is 6.98. The van der Waals surface area contributed by atoms with E-state index in [9.17, 15) is 9.90 Å². The highest BCUT2D eigenvalue weighted by atomic mass is 35.5. The van der Waals surface area contributed by atoms with Crippen molar-refractivity contribution in [3.63, 3.8) is 0 Å². The molecule has 1 aromatic heterocycles. The number of halogens is 2. The normalized spacial score (nSPS) is 15.7.